The lowest BCUT2D eigenvalue weighted by atomic mass is 9.98. The second-order valence-electron chi connectivity index (χ2n) is 5.00. The number of hydrogen-bond acceptors (Lipinski definition) is 2. The third-order valence-electron chi connectivity index (χ3n) is 3.17. The molecule has 1 N–H and O–H groups in total. The smallest absolute Gasteiger partial charge is 0.165 e. The Morgan fingerprint density at radius 3 is 2.53 bits per heavy atom. The van der Waals surface area contributed by atoms with Gasteiger partial charge < -0.3 is 10.1 Å². The molecule has 1 aromatic rings. The number of hydrogen-bond donors (Lipinski definition) is 1. The first-order valence-corrected chi connectivity index (χ1v) is 6.00. The van der Waals surface area contributed by atoms with Gasteiger partial charge in [0.25, 0.3) is 0 Å². The van der Waals surface area contributed by atoms with E-state index in [1.54, 1.807) is 6.07 Å². The molecule has 0 aliphatic rings. The minimum Gasteiger partial charge on any atom is -0.494 e. The summed E-state index contributed by atoms with van der Waals surface area (Å²) in [4.78, 5) is 0. The van der Waals surface area contributed by atoms with Crippen LogP contribution in [0.2, 0.25) is 0 Å². The van der Waals surface area contributed by atoms with Crippen molar-refractivity contribution < 1.29 is 9.13 Å². The van der Waals surface area contributed by atoms with Gasteiger partial charge in [-0.2, -0.15) is 0 Å². The summed E-state index contributed by atoms with van der Waals surface area (Å²) >= 11 is 0. The van der Waals surface area contributed by atoms with Gasteiger partial charge in [-0.15, -0.1) is 0 Å². The summed E-state index contributed by atoms with van der Waals surface area (Å²) in [6.07, 6.45) is 1.02. The molecule has 96 valence electrons. The van der Waals surface area contributed by atoms with E-state index in [4.69, 9.17) is 4.74 Å². The van der Waals surface area contributed by atoms with E-state index < -0.39 is 0 Å². The van der Waals surface area contributed by atoms with Crippen LogP contribution < -0.4 is 10.1 Å². The van der Waals surface area contributed by atoms with E-state index >= 15 is 0 Å². The number of benzene rings is 1. The SMILES string of the molecule is CCC(C)(C)NC(C)c1ccc(OC)c(F)c1. The Labute approximate surface area is 103 Å². The second-order valence-corrected chi connectivity index (χ2v) is 5.00. The van der Waals surface area contributed by atoms with Gasteiger partial charge in [-0.1, -0.05) is 13.0 Å². The molecular formula is C14H22FNO. The molecule has 0 fully saturated rings. The molecule has 1 atom stereocenters. The third kappa shape index (κ3) is 3.70. The average molecular weight is 239 g/mol. The first kappa shape index (κ1) is 14.0. The molecule has 0 aromatic heterocycles. The van der Waals surface area contributed by atoms with Crippen LogP contribution in [0.5, 0.6) is 5.75 Å². The average Bonchev–Trinajstić information content (AvgIpc) is 2.28. The fraction of sp³-hybridized carbons (Fsp3) is 0.571. The van der Waals surface area contributed by atoms with Crippen molar-refractivity contribution in [2.24, 2.45) is 0 Å². The zero-order valence-corrected chi connectivity index (χ0v) is 11.3. The van der Waals surface area contributed by atoms with Crippen molar-refractivity contribution >= 4 is 0 Å². The van der Waals surface area contributed by atoms with Crippen LogP contribution in [0.1, 0.15) is 45.7 Å². The fourth-order valence-electron chi connectivity index (χ4n) is 1.72. The largest absolute Gasteiger partial charge is 0.494 e. The molecule has 1 rings (SSSR count). The molecule has 0 heterocycles. The Morgan fingerprint density at radius 1 is 1.41 bits per heavy atom. The van der Waals surface area contributed by atoms with Crippen LogP contribution in [0.3, 0.4) is 0 Å². The van der Waals surface area contributed by atoms with E-state index in [1.807, 2.05) is 13.0 Å². The standard InChI is InChI=1S/C14H22FNO/c1-6-14(3,4)16-10(2)11-7-8-13(17-5)12(15)9-11/h7-10,16H,6H2,1-5H3. The van der Waals surface area contributed by atoms with E-state index in [0.717, 1.165) is 12.0 Å². The van der Waals surface area contributed by atoms with Crippen molar-refractivity contribution in [1.82, 2.24) is 5.32 Å². The number of halogens is 1. The zero-order valence-electron chi connectivity index (χ0n) is 11.3. The number of ether oxygens (including phenoxy) is 1. The molecule has 0 bridgehead atoms. The van der Waals surface area contributed by atoms with Gasteiger partial charge in [0.15, 0.2) is 11.6 Å². The number of methoxy groups -OCH3 is 1. The van der Waals surface area contributed by atoms with Crippen LogP contribution in [0.25, 0.3) is 0 Å². The van der Waals surface area contributed by atoms with Crippen molar-refractivity contribution in [2.45, 2.75) is 45.7 Å². The van der Waals surface area contributed by atoms with E-state index in [-0.39, 0.29) is 23.1 Å². The molecule has 0 aliphatic heterocycles. The van der Waals surface area contributed by atoms with E-state index in [1.165, 1.54) is 13.2 Å². The minimum absolute atomic E-state index is 0.0514. The monoisotopic (exact) mass is 239 g/mol. The maximum absolute atomic E-state index is 13.6. The van der Waals surface area contributed by atoms with Gasteiger partial charge in [0.1, 0.15) is 0 Å². The molecule has 17 heavy (non-hydrogen) atoms. The fourth-order valence-corrected chi connectivity index (χ4v) is 1.72. The van der Waals surface area contributed by atoms with Crippen LogP contribution >= 0.6 is 0 Å². The van der Waals surface area contributed by atoms with Gasteiger partial charge in [-0.3, -0.25) is 0 Å². The molecular weight excluding hydrogens is 217 g/mol. The maximum atomic E-state index is 13.6. The van der Waals surface area contributed by atoms with Crippen LogP contribution in [-0.2, 0) is 0 Å². The van der Waals surface area contributed by atoms with E-state index in [2.05, 4.69) is 26.1 Å². The Kier molecular flexibility index (Phi) is 4.52. The van der Waals surface area contributed by atoms with Crippen LogP contribution in [0.15, 0.2) is 18.2 Å². The highest BCUT2D eigenvalue weighted by Crippen LogP contribution is 2.23. The second kappa shape index (κ2) is 5.50. The molecule has 1 unspecified atom stereocenters. The van der Waals surface area contributed by atoms with Crippen molar-refractivity contribution in [3.63, 3.8) is 0 Å². The topological polar surface area (TPSA) is 21.3 Å². The quantitative estimate of drug-likeness (QED) is 0.846. The van der Waals surface area contributed by atoms with Crippen LogP contribution in [0.4, 0.5) is 4.39 Å². The highest BCUT2D eigenvalue weighted by atomic mass is 19.1. The molecule has 0 spiro atoms. The predicted molar refractivity (Wildman–Crippen MR) is 68.9 cm³/mol. The van der Waals surface area contributed by atoms with Gasteiger partial charge in [0.2, 0.25) is 0 Å². The summed E-state index contributed by atoms with van der Waals surface area (Å²) in [7, 11) is 1.47. The van der Waals surface area contributed by atoms with E-state index in [0.29, 0.717) is 0 Å². The molecule has 2 nitrogen and oxygen atoms in total. The highest BCUT2D eigenvalue weighted by Gasteiger charge is 2.19. The number of nitrogens with one attached hydrogen (secondary N) is 1. The maximum Gasteiger partial charge on any atom is 0.165 e. The Balaban J connectivity index is 2.83. The first-order chi connectivity index (χ1) is 7.89. The van der Waals surface area contributed by atoms with Gasteiger partial charge >= 0.3 is 0 Å². The van der Waals surface area contributed by atoms with Crippen molar-refractivity contribution in [1.29, 1.82) is 0 Å². The van der Waals surface area contributed by atoms with Crippen LogP contribution in [-0.4, -0.2) is 12.6 Å². The van der Waals surface area contributed by atoms with Crippen LogP contribution in [0, 0.1) is 5.82 Å². The lowest BCUT2D eigenvalue weighted by molar-refractivity contribution is 0.336. The lowest BCUT2D eigenvalue weighted by Gasteiger charge is -2.29. The highest BCUT2D eigenvalue weighted by molar-refractivity contribution is 5.30. The van der Waals surface area contributed by atoms with Crippen molar-refractivity contribution in [3.05, 3.63) is 29.6 Å². The summed E-state index contributed by atoms with van der Waals surface area (Å²) in [5.41, 5.74) is 0.986. The van der Waals surface area contributed by atoms with Gasteiger partial charge in [0, 0.05) is 11.6 Å². The Hall–Kier alpha value is -1.09. The predicted octanol–water partition coefficient (Wildman–Crippen LogP) is 3.67. The zero-order chi connectivity index (χ0) is 13.1. The summed E-state index contributed by atoms with van der Waals surface area (Å²) in [6.45, 7) is 8.46. The minimum atomic E-state index is -0.312. The lowest BCUT2D eigenvalue weighted by Crippen LogP contribution is -2.40. The molecule has 0 aliphatic carbocycles. The number of rotatable bonds is 5. The first-order valence-electron chi connectivity index (χ1n) is 6.00. The Morgan fingerprint density at radius 2 is 2.06 bits per heavy atom. The van der Waals surface area contributed by atoms with Crippen molar-refractivity contribution in [2.75, 3.05) is 7.11 Å². The molecule has 3 heteroatoms. The molecule has 0 saturated carbocycles. The van der Waals surface area contributed by atoms with Gasteiger partial charge in [-0.05, 0) is 44.9 Å². The molecule has 1 aromatic carbocycles. The van der Waals surface area contributed by atoms with Gasteiger partial charge in [0.05, 0.1) is 7.11 Å². The normalized spacial score (nSPS) is 13.5. The summed E-state index contributed by atoms with van der Waals surface area (Å²) in [6, 6.07) is 5.21. The third-order valence-corrected chi connectivity index (χ3v) is 3.17. The van der Waals surface area contributed by atoms with Gasteiger partial charge in [-0.25, -0.2) is 4.39 Å². The summed E-state index contributed by atoms with van der Waals surface area (Å²) in [5, 5.41) is 3.48. The summed E-state index contributed by atoms with van der Waals surface area (Å²) < 4.78 is 18.5. The van der Waals surface area contributed by atoms with E-state index in [9.17, 15) is 4.39 Å². The molecule has 0 saturated heterocycles. The molecule has 0 radical (unpaired) electrons. The Bertz CT molecular complexity index is 376. The van der Waals surface area contributed by atoms with Crippen molar-refractivity contribution in [3.8, 4) is 5.75 Å². The molecule has 0 amide bonds. The summed E-state index contributed by atoms with van der Waals surface area (Å²) in [5.74, 6) is -0.0244.